The van der Waals surface area contributed by atoms with Crippen molar-refractivity contribution in [3.63, 3.8) is 0 Å². The molecule has 2 rings (SSSR count). The van der Waals surface area contributed by atoms with Gasteiger partial charge in [0.2, 0.25) is 5.78 Å². The molecule has 3 heteroatoms. The molecule has 0 bridgehead atoms. The largest absolute Gasteiger partial charge is 0.288 e. The van der Waals surface area contributed by atoms with Crippen molar-refractivity contribution in [3.8, 4) is 0 Å². The molecule has 1 aromatic carbocycles. The molecule has 1 nitrogen and oxygen atoms in total. The fraction of sp³-hybridized carbons (Fsp3) is 0.154. The van der Waals surface area contributed by atoms with Crippen LogP contribution in [0.5, 0.6) is 0 Å². The van der Waals surface area contributed by atoms with Gasteiger partial charge in [0.25, 0.3) is 0 Å². The van der Waals surface area contributed by atoms with Crippen LogP contribution in [0.1, 0.15) is 26.4 Å². The second kappa shape index (κ2) is 4.40. The summed E-state index contributed by atoms with van der Waals surface area (Å²) in [5.41, 5.74) is 2.71. The summed E-state index contributed by atoms with van der Waals surface area (Å²) in [5.74, 6) is 0.0538. The summed E-state index contributed by atoms with van der Waals surface area (Å²) in [6.07, 6.45) is 0. The number of aryl methyl sites for hydroxylation is 2. The summed E-state index contributed by atoms with van der Waals surface area (Å²) in [6, 6.07) is 9.44. The first-order valence-corrected chi connectivity index (χ1v) is 6.15. The van der Waals surface area contributed by atoms with Crippen LogP contribution in [0, 0.1) is 13.8 Å². The minimum atomic E-state index is 0.0538. The van der Waals surface area contributed by atoms with Gasteiger partial charge in [-0.05, 0) is 31.0 Å². The number of carbonyl (C=O) groups excluding carboxylic acids is 1. The van der Waals surface area contributed by atoms with Gasteiger partial charge in [-0.25, -0.2) is 0 Å². The first kappa shape index (κ1) is 11.4. The van der Waals surface area contributed by atoms with Gasteiger partial charge in [0, 0.05) is 5.56 Å². The predicted octanol–water partition coefficient (Wildman–Crippen LogP) is 4.25. The van der Waals surface area contributed by atoms with E-state index in [-0.39, 0.29) is 5.78 Å². The van der Waals surface area contributed by atoms with Gasteiger partial charge >= 0.3 is 0 Å². The van der Waals surface area contributed by atoms with E-state index in [9.17, 15) is 4.79 Å². The third-order valence-corrected chi connectivity index (χ3v) is 4.02. The third-order valence-electron chi connectivity index (χ3n) is 2.47. The molecule has 0 fully saturated rings. The van der Waals surface area contributed by atoms with Crippen LogP contribution in [0.2, 0.25) is 4.34 Å². The normalized spacial score (nSPS) is 10.4. The van der Waals surface area contributed by atoms with Crippen LogP contribution < -0.4 is 0 Å². The van der Waals surface area contributed by atoms with Crippen molar-refractivity contribution in [2.24, 2.45) is 0 Å². The van der Waals surface area contributed by atoms with E-state index in [1.54, 1.807) is 0 Å². The highest BCUT2D eigenvalue weighted by Gasteiger charge is 2.14. The third kappa shape index (κ3) is 2.04. The fourth-order valence-corrected chi connectivity index (χ4v) is 2.69. The molecule has 0 N–H and O–H groups in total. The lowest BCUT2D eigenvalue weighted by Gasteiger charge is -2.01. The van der Waals surface area contributed by atoms with Crippen LogP contribution in [0.3, 0.4) is 0 Å². The van der Waals surface area contributed by atoms with Crippen molar-refractivity contribution in [1.82, 2.24) is 0 Å². The number of hydrogen-bond donors (Lipinski definition) is 0. The van der Waals surface area contributed by atoms with Crippen LogP contribution in [0.4, 0.5) is 0 Å². The van der Waals surface area contributed by atoms with Crippen LogP contribution >= 0.6 is 22.9 Å². The number of rotatable bonds is 2. The summed E-state index contributed by atoms with van der Waals surface area (Å²) >= 11 is 7.31. The maximum absolute atomic E-state index is 12.2. The van der Waals surface area contributed by atoms with Crippen molar-refractivity contribution < 1.29 is 4.79 Å². The molecule has 0 saturated heterocycles. The average Bonchev–Trinajstić information content (AvgIpc) is 2.59. The van der Waals surface area contributed by atoms with Gasteiger partial charge in [0.15, 0.2) is 0 Å². The maximum Gasteiger partial charge on any atom is 0.203 e. The molecular formula is C13H11ClOS. The van der Waals surface area contributed by atoms with Crippen LogP contribution in [-0.4, -0.2) is 5.78 Å². The standard InChI is InChI=1S/C13H11ClOS/c1-8-5-3-4-6-10(8)12(15)11-7-9(2)13(14)16-11/h3-7H,1-2H3. The van der Waals surface area contributed by atoms with E-state index in [2.05, 4.69) is 0 Å². The van der Waals surface area contributed by atoms with Crippen molar-refractivity contribution in [2.45, 2.75) is 13.8 Å². The monoisotopic (exact) mass is 250 g/mol. The summed E-state index contributed by atoms with van der Waals surface area (Å²) in [6.45, 7) is 3.85. The first-order chi connectivity index (χ1) is 7.59. The Bertz CT molecular complexity index is 523. The number of benzene rings is 1. The quantitative estimate of drug-likeness (QED) is 0.729. The van der Waals surface area contributed by atoms with E-state index < -0.39 is 0 Å². The zero-order valence-corrected chi connectivity index (χ0v) is 10.7. The second-order valence-corrected chi connectivity index (χ2v) is 5.37. The van der Waals surface area contributed by atoms with Crippen molar-refractivity contribution in [3.05, 3.63) is 56.2 Å². The lowest BCUT2D eigenvalue weighted by atomic mass is 10.0. The van der Waals surface area contributed by atoms with E-state index in [0.29, 0.717) is 9.21 Å². The summed E-state index contributed by atoms with van der Waals surface area (Å²) in [7, 11) is 0. The SMILES string of the molecule is Cc1ccccc1C(=O)c1cc(C)c(Cl)s1. The Labute approximate surface area is 104 Å². The highest BCUT2D eigenvalue weighted by molar-refractivity contribution is 7.18. The van der Waals surface area contributed by atoms with Gasteiger partial charge < -0.3 is 0 Å². The van der Waals surface area contributed by atoms with Gasteiger partial charge in [-0.15, -0.1) is 11.3 Å². The predicted molar refractivity (Wildman–Crippen MR) is 68.7 cm³/mol. The molecule has 0 atom stereocenters. The number of halogens is 1. The minimum absolute atomic E-state index is 0.0538. The second-order valence-electron chi connectivity index (χ2n) is 3.71. The van der Waals surface area contributed by atoms with Crippen molar-refractivity contribution >= 4 is 28.7 Å². The fourth-order valence-electron chi connectivity index (χ4n) is 1.53. The lowest BCUT2D eigenvalue weighted by molar-refractivity contribution is 0.104. The highest BCUT2D eigenvalue weighted by atomic mass is 35.5. The first-order valence-electron chi connectivity index (χ1n) is 4.96. The Morgan fingerprint density at radius 2 is 1.88 bits per heavy atom. The Morgan fingerprint density at radius 1 is 1.19 bits per heavy atom. The molecule has 0 aliphatic carbocycles. The van der Waals surface area contributed by atoms with Crippen LogP contribution in [0.15, 0.2) is 30.3 Å². The molecule has 0 spiro atoms. The number of hydrogen-bond acceptors (Lipinski definition) is 2. The van der Waals surface area contributed by atoms with Gasteiger partial charge in [-0.1, -0.05) is 35.9 Å². The molecule has 1 heterocycles. The summed E-state index contributed by atoms with van der Waals surface area (Å²) in [4.78, 5) is 12.9. The molecule has 0 aliphatic rings. The Morgan fingerprint density at radius 3 is 2.44 bits per heavy atom. The van der Waals surface area contributed by atoms with Crippen molar-refractivity contribution in [2.75, 3.05) is 0 Å². The Balaban J connectivity index is 2.43. The molecule has 0 aliphatic heterocycles. The molecule has 0 unspecified atom stereocenters. The number of carbonyl (C=O) groups is 1. The molecule has 1 aromatic heterocycles. The van der Waals surface area contributed by atoms with Crippen LogP contribution in [-0.2, 0) is 0 Å². The summed E-state index contributed by atoms with van der Waals surface area (Å²) in [5, 5.41) is 0. The van der Waals surface area contributed by atoms with Crippen molar-refractivity contribution in [1.29, 1.82) is 0 Å². The van der Waals surface area contributed by atoms with E-state index in [0.717, 1.165) is 16.7 Å². The molecule has 0 radical (unpaired) electrons. The van der Waals surface area contributed by atoms with Gasteiger partial charge in [-0.3, -0.25) is 4.79 Å². The molecular weight excluding hydrogens is 240 g/mol. The van der Waals surface area contributed by atoms with Gasteiger partial charge in [-0.2, -0.15) is 0 Å². The molecule has 0 saturated carbocycles. The Hall–Kier alpha value is -1.12. The lowest BCUT2D eigenvalue weighted by Crippen LogP contribution is -2.00. The molecule has 82 valence electrons. The van der Waals surface area contributed by atoms with Gasteiger partial charge in [0.1, 0.15) is 0 Å². The van der Waals surface area contributed by atoms with E-state index in [4.69, 9.17) is 11.6 Å². The molecule has 0 amide bonds. The van der Waals surface area contributed by atoms with E-state index >= 15 is 0 Å². The topological polar surface area (TPSA) is 17.1 Å². The Kier molecular flexibility index (Phi) is 3.13. The zero-order chi connectivity index (χ0) is 11.7. The minimum Gasteiger partial charge on any atom is -0.288 e. The molecule has 16 heavy (non-hydrogen) atoms. The zero-order valence-electron chi connectivity index (χ0n) is 9.08. The highest BCUT2D eigenvalue weighted by Crippen LogP contribution is 2.29. The number of ketones is 1. The van der Waals surface area contributed by atoms with Gasteiger partial charge in [0.05, 0.1) is 9.21 Å². The van der Waals surface area contributed by atoms with E-state index in [1.807, 2.05) is 44.2 Å². The smallest absolute Gasteiger partial charge is 0.203 e. The average molecular weight is 251 g/mol. The number of thiophene rings is 1. The maximum atomic E-state index is 12.2. The summed E-state index contributed by atoms with van der Waals surface area (Å²) < 4.78 is 0.692. The molecule has 2 aromatic rings. The van der Waals surface area contributed by atoms with Crippen LogP contribution in [0.25, 0.3) is 0 Å². The van der Waals surface area contributed by atoms with E-state index in [1.165, 1.54) is 11.3 Å².